The summed E-state index contributed by atoms with van der Waals surface area (Å²) in [6, 6.07) is 18.0. The second-order valence-electron chi connectivity index (χ2n) is 15.2. The molecular formula is C38H48N6O4. The molecule has 2 N–H and O–H groups in total. The van der Waals surface area contributed by atoms with Crippen LogP contribution in [0.2, 0.25) is 0 Å². The van der Waals surface area contributed by atoms with Crippen molar-refractivity contribution in [2.24, 2.45) is 17.3 Å². The highest BCUT2D eigenvalue weighted by atomic mass is 16.8. The number of benzene rings is 2. The number of fused-ring (bicyclic) bond motifs is 1. The van der Waals surface area contributed by atoms with Crippen LogP contribution >= 0.6 is 0 Å². The maximum Gasteiger partial charge on any atom is 0.164 e. The predicted molar refractivity (Wildman–Crippen MR) is 185 cm³/mol. The Bertz CT molecular complexity index is 1750. The molecule has 2 aromatic carbocycles. The molecule has 2 aromatic heterocycles. The van der Waals surface area contributed by atoms with Crippen LogP contribution in [0.3, 0.4) is 0 Å². The highest BCUT2D eigenvalue weighted by molar-refractivity contribution is 5.98. The van der Waals surface area contributed by atoms with E-state index < -0.39 is 5.79 Å². The molecule has 5 aliphatic rings. The van der Waals surface area contributed by atoms with E-state index in [2.05, 4.69) is 47.2 Å². The van der Waals surface area contributed by atoms with Crippen LogP contribution in [0.5, 0.6) is 11.5 Å². The van der Waals surface area contributed by atoms with Gasteiger partial charge in [0.1, 0.15) is 34.9 Å². The molecule has 3 saturated carbocycles. The van der Waals surface area contributed by atoms with E-state index >= 15 is 0 Å². The third-order valence-electron chi connectivity index (χ3n) is 11.7. The normalized spacial score (nSPS) is 27.9. The minimum Gasteiger partial charge on any atom is -0.457 e. The number of piperidine rings is 1. The number of hydrogen-bond acceptors (Lipinski definition) is 9. The Morgan fingerprint density at radius 1 is 0.917 bits per heavy atom. The van der Waals surface area contributed by atoms with Crippen molar-refractivity contribution in [1.82, 2.24) is 24.6 Å². The maximum absolute atomic E-state index is 6.73. The summed E-state index contributed by atoms with van der Waals surface area (Å²) in [7, 11) is 0. The molecule has 48 heavy (non-hydrogen) atoms. The van der Waals surface area contributed by atoms with Crippen molar-refractivity contribution in [3.05, 3.63) is 60.9 Å². The van der Waals surface area contributed by atoms with Gasteiger partial charge in [0.15, 0.2) is 11.4 Å². The summed E-state index contributed by atoms with van der Waals surface area (Å²) in [6.07, 6.45) is 6.92. The molecule has 5 fully saturated rings. The summed E-state index contributed by atoms with van der Waals surface area (Å²) < 4.78 is 27.5. The van der Waals surface area contributed by atoms with Crippen molar-refractivity contribution in [3.63, 3.8) is 0 Å². The van der Waals surface area contributed by atoms with E-state index in [1.54, 1.807) is 0 Å². The average molecular weight is 653 g/mol. The smallest absolute Gasteiger partial charge is 0.164 e. The number of nitrogen functional groups attached to an aromatic ring is 1. The van der Waals surface area contributed by atoms with Gasteiger partial charge in [-0.05, 0) is 93.2 Å². The Morgan fingerprint density at radius 3 is 2.42 bits per heavy atom. The number of hydrogen-bond donors (Lipinski definition) is 1. The lowest BCUT2D eigenvalue weighted by Gasteiger charge is -2.64. The number of rotatable bonds is 10. The second kappa shape index (κ2) is 12.1. The first-order valence-electron chi connectivity index (χ1n) is 17.6. The summed E-state index contributed by atoms with van der Waals surface area (Å²) in [5, 5.41) is 5.89. The number of ether oxygens (including phenoxy) is 4. The first-order chi connectivity index (χ1) is 23.1. The number of para-hydroxylation sites is 1. The summed E-state index contributed by atoms with van der Waals surface area (Å²) in [5.74, 6) is 2.75. The molecule has 0 unspecified atom stereocenters. The molecule has 10 nitrogen and oxygen atoms in total. The van der Waals surface area contributed by atoms with Crippen molar-refractivity contribution in [2.45, 2.75) is 83.3 Å². The van der Waals surface area contributed by atoms with Gasteiger partial charge in [0, 0.05) is 38.2 Å². The molecule has 0 spiro atoms. The van der Waals surface area contributed by atoms with Crippen LogP contribution in [0, 0.1) is 17.3 Å². The summed E-state index contributed by atoms with van der Waals surface area (Å²) in [6.45, 7) is 13.3. The summed E-state index contributed by atoms with van der Waals surface area (Å²) in [4.78, 5) is 11.4. The molecule has 4 heterocycles. The minimum absolute atomic E-state index is 0.180. The molecule has 2 aliphatic heterocycles. The van der Waals surface area contributed by atoms with Crippen LogP contribution in [0.25, 0.3) is 22.3 Å². The fraction of sp³-hybridized carbons (Fsp3) is 0.553. The largest absolute Gasteiger partial charge is 0.457 e. The monoisotopic (exact) mass is 652 g/mol. The maximum atomic E-state index is 6.73. The third kappa shape index (κ3) is 5.56. The van der Waals surface area contributed by atoms with Crippen molar-refractivity contribution in [1.29, 1.82) is 0 Å². The molecule has 3 aliphatic carbocycles. The van der Waals surface area contributed by atoms with Crippen LogP contribution in [0.1, 0.15) is 65.8 Å². The zero-order valence-corrected chi connectivity index (χ0v) is 28.6. The van der Waals surface area contributed by atoms with Gasteiger partial charge in [-0.25, -0.2) is 14.6 Å². The fourth-order valence-electron chi connectivity index (χ4n) is 9.10. The highest BCUT2D eigenvalue weighted by Gasteiger charge is 2.70. The third-order valence-corrected chi connectivity index (χ3v) is 11.7. The summed E-state index contributed by atoms with van der Waals surface area (Å²) in [5.41, 5.74) is 9.03. The molecular weight excluding hydrogens is 604 g/mol. The van der Waals surface area contributed by atoms with Gasteiger partial charge in [-0.2, -0.15) is 5.10 Å². The quantitative estimate of drug-likeness (QED) is 0.184. The lowest BCUT2D eigenvalue weighted by Crippen LogP contribution is -2.67. The fourth-order valence-corrected chi connectivity index (χ4v) is 9.10. The van der Waals surface area contributed by atoms with Gasteiger partial charge < -0.3 is 29.6 Å². The van der Waals surface area contributed by atoms with E-state index in [9.17, 15) is 0 Å². The molecule has 0 radical (unpaired) electrons. The Labute approximate surface area is 282 Å². The van der Waals surface area contributed by atoms with Gasteiger partial charge in [0.25, 0.3) is 0 Å². The lowest BCUT2D eigenvalue weighted by atomic mass is 9.43. The predicted octanol–water partition coefficient (Wildman–Crippen LogP) is 6.87. The van der Waals surface area contributed by atoms with Crippen LogP contribution in [0.15, 0.2) is 60.9 Å². The van der Waals surface area contributed by atoms with Crippen LogP contribution in [0.4, 0.5) is 5.82 Å². The van der Waals surface area contributed by atoms with Gasteiger partial charge >= 0.3 is 0 Å². The molecule has 4 aromatic rings. The topological polar surface area (TPSA) is 110 Å². The molecule has 4 atom stereocenters. The van der Waals surface area contributed by atoms with E-state index in [-0.39, 0.29) is 17.7 Å². The second-order valence-corrected chi connectivity index (χ2v) is 15.2. The van der Waals surface area contributed by atoms with Crippen LogP contribution in [-0.2, 0) is 14.2 Å². The zero-order valence-electron chi connectivity index (χ0n) is 28.6. The standard InChI is InChI=1S/C38H48N6O4/c1-36(2)26-22-30(36)38(31(23-26)47-37(3,4)48-38)16-20-45-21-19-43-17-14-27(15-18-43)44-35-32(34(39)40-24-41-35)33(42-44)25-10-12-29(13-11-25)46-28-8-6-5-7-9-28/h5-13,24,26-27,30-31H,14-23H2,1-4H3,(H2,39,40,41)/t26-,30-,31+,38-/m1/s1. The van der Waals surface area contributed by atoms with Crippen molar-refractivity contribution >= 4 is 16.9 Å². The van der Waals surface area contributed by atoms with E-state index in [0.29, 0.717) is 23.8 Å². The van der Waals surface area contributed by atoms with E-state index in [1.807, 2.05) is 54.6 Å². The highest BCUT2D eigenvalue weighted by Crippen LogP contribution is 2.68. The van der Waals surface area contributed by atoms with Crippen LogP contribution < -0.4 is 10.5 Å². The van der Waals surface area contributed by atoms with Crippen molar-refractivity contribution < 1.29 is 18.9 Å². The van der Waals surface area contributed by atoms with Crippen LogP contribution in [-0.4, -0.2) is 75.0 Å². The Kier molecular flexibility index (Phi) is 7.98. The molecule has 9 rings (SSSR count). The Morgan fingerprint density at radius 2 is 1.67 bits per heavy atom. The molecule has 2 bridgehead atoms. The first-order valence-corrected chi connectivity index (χ1v) is 17.6. The summed E-state index contributed by atoms with van der Waals surface area (Å²) >= 11 is 0. The first kappa shape index (κ1) is 31.7. The van der Waals surface area contributed by atoms with Gasteiger partial charge in [0.2, 0.25) is 0 Å². The number of anilines is 1. The van der Waals surface area contributed by atoms with Crippen molar-refractivity contribution in [2.75, 3.05) is 38.6 Å². The molecule has 10 heteroatoms. The SMILES string of the molecule is CC1(C)O[C@H]2C[C@H]3C[C@H](C3(C)C)[C@@]2(CCOCCN2CCC(n3nc(-c4ccc(Oc5ccccc5)cc4)c4c(N)ncnc43)CC2)O1. The van der Waals surface area contributed by atoms with E-state index in [4.69, 9.17) is 29.8 Å². The van der Waals surface area contributed by atoms with Gasteiger partial charge in [-0.3, -0.25) is 0 Å². The zero-order chi connectivity index (χ0) is 33.1. The lowest BCUT2D eigenvalue weighted by molar-refractivity contribution is -0.235. The van der Waals surface area contributed by atoms with Gasteiger partial charge in [-0.1, -0.05) is 32.0 Å². The van der Waals surface area contributed by atoms with E-state index in [1.165, 1.54) is 12.7 Å². The van der Waals surface area contributed by atoms with E-state index in [0.717, 1.165) is 91.6 Å². The number of aromatic nitrogens is 4. The minimum atomic E-state index is -0.525. The number of nitrogens with zero attached hydrogens (tertiary/aromatic N) is 5. The van der Waals surface area contributed by atoms with Crippen molar-refractivity contribution in [3.8, 4) is 22.8 Å². The molecule has 2 saturated heterocycles. The average Bonchev–Trinajstić information content (AvgIpc) is 3.60. The van der Waals surface area contributed by atoms with Gasteiger partial charge in [-0.15, -0.1) is 0 Å². The molecule has 0 amide bonds. The molecule has 254 valence electrons. The Balaban J connectivity index is 0.874. The van der Waals surface area contributed by atoms with Gasteiger partial charge in [0.05, 0.1) is 24.1 Å². The Hall–Kier alpha value is -3.57. The number of nitrogens with two attached hydrogens (primary N) is 1. The number of likely N-dealkylation sites (tertiary alicyclic amines) is 1.